The van der Waals surface area contributed by atoms with E-state index in [2.05, 4.69) is 28.1 Å². The van der Waals surface area contributed by atoms with Gasteiger partial charge in [-0.25, -0.2) is 4.90 Å². The number of nitrogens with zero attached hydrogens (tertiary/aromatic N) is 1. The molecule has 0 spiro atoms. The Morgan fingerprint density at radius 2 is 1.61 bits per heavy atom. The number of hydrogen-bond donors (Lipinski definition) is 0. The summed E-state index contributed by atoms with van der Waals surface area (Å²) in [6, 6.07) is 14.0. The highest BCUT2D eigenvalue weighted by molar-refractivity contribution is 9.10. The molecule has 6 heteroatoms. The van der Waals surface area contributed by atoms with Gasteiger partial charge in [-0.05, 0) is 54.4 Å². The topological polar surface area (TPSA) is 63.7 Å². The number of allylic oxidation sites excluding steroid dienone is 2. The zero-order valence-corrected chi connectivity index (χ0v) is 18.2. The number of ether oxygens (including phenoxy) is 1. The van der Waals surface area contributed by atoms with Gasteiger partial charge in [-0.1, -0.05) is 46.3 Å². The van der Waals surface area contributed by atoms with Crippen LogP contribution in [0, 0.1) is 35.5 Å². The number of benzene rings is 2. The first-order chi connectivity index (χ1) is 15.0. The van der Waals surface area contributed by atoms with E-state index in [9.17, 15) is 14.4 Å². The first-order valence-electron chi connectivity index (χ1n) is 10.6. The van der Waals surface area contributed by atoms with Gasteiger partial charge in [0.25, 0.3) is 0 Å². The summed E-state index contributed by atoms with van der Waals surface area (Å²) in [6.07, 6.45) is 5.48. The Labute approximate surface area is 188 Å². The van der Waals surface area contributed by atoms with Crippen molar-refractivity contribution in [2.75, 3.05) is 11.5 Å². The molecule has 1 aliphatic heterocycles. The molecule has 0 N–H and O–H groups in total. The Kier molecular flexibility index (Phi) is 4.22. The molecule has 156 valence electrons. The summed E-state index contributed by atoms with van der Waals surface area (Å²) in [5.74, 6) is 1.23. The van der Waals surface area contributed by atoms with Crippen molar-refractivity contribution in [3.8, 4) is 5.75 Å². The molecule has 3 fully saturated rings. The van der Waals surface area contributed by atoms with Crippen molar-refractivity contribution in [3.05, 3.63) is 70.7 Å². The summed E-state index contributed by atoms with van der Waals surface area (Å²) in [5.41, 5.74) is 1.08. The summed E-state index contributed by atoms with van der Waals surface area (Å²) >= 11 is 3.35. The van der Waals surface area contributed by atoms with Crippen LogP contribution in [0.4, 0.5) is 5.69 Å². The monoisotopic (exact) mass is 477 g/mol. The fourth-order valence-electron chi connectivity index (χ4n) is 5.79. The second kappa shape index (κ2) is 6.89. The van der Waals surface area contributed by atoms with Gasteiger partial charge in [-0.15, -0.1) is 0 Å². The van der Waals surface area contributed by atoms with Crippen LogP contribution in [0.2, 0.25) is 0 Å². The average Bonchev–Trinajstić information content (AvgIpc) is 3.56. The molecule has 2 aromatic rings. The predicted molar refractivity (Wildman–Crippen MR) is 118 cm³/mol. The van der Waals surface area contributed by atoms with Crippen molar-refractivity contribution in [1.29, 1.82) is 0 Å². The second-order valence-electron chi connectivity index (χ2n) is 8.88. The first-order valence-corrected chi connectivity index (χ1v) is 11.4. The van der Waals surface area contributed by atoms with Crippen molar-refractivity contribution in [3.63, 3.8) is 0 Å². The zero-order chi connectivity index (χ0) is 21.3. The molecule has 0 aromatic heterocycles. The highest BCUT2D eigenvalue weighted by Crippen LogP contribution is 2.65. The molecule has 5 aliphatic rings. The molecule has 2 saturated carbocycles. The SMILES string of the molecule is O=C(COc1cccc(N2C(=O)[C@@H]3[C@@H]4C=C[C@H]([C@@H]5C[C@H]45)[C@H]3C2=O)c1)c1ccc(Br)cc1. The van der Waals surface area contributed by atoms with Crippen molar-refractivity contribution >= 4 is 39.2 Å². The van der Waals surface area contributed by atoms with E-state index < -0.39 is 0 Å². The van der Waals surface area contributed by atoms with Crippen molar-refractivity contribution in [1.82, 2.24) is 0 Å². The van der Waals surface area contributed by atoms with Gasteiger partial charge in [-0.2, -0.15) is 0 Å². The van der Waals surface area contributed by atoms with Crippen LogP contribution in [0.3, 0.4) is 0 Å². The Hall–Kier alpha value is -2.73. The molecular weight excluding hydrogens is 458 g/mol. The third kappa shape index (κ3) is 2.92. The number of Topliss-reactive ketones (excluding diaryl/α,β-unsaturated/α-hetero) is 1. The van der Waals surface area contributed by atoms with Crippen molar-refractivity contribution in [2.45, 2.75) is 6.42 Å². The number of carbonyl (C=O) groups is 3. The number of ketones is 1. The maximum Gasteiger partial charge on any atom is 0.238 e. The Bertz CT molecular complexity index is 1100. The molecule has 2 amide bonds. The maximum absolute atomic E-state index is 13.3. The normalized spacial score (nSPS) is 32.1. The number of hydrogen-bond acceptors (Lipinski definition) is 4. The van der Waals surface area contributed by atoms with Crippen LogP contribution in [0.25, 0.3) is 0 Å². The molecule has 2 aromatic carbocycles. The minimum Gasteiger partial charge on any atom is -0.485 e. The van der Waals surface area contributed by atoms with Gasteiger partial charge < -0.3 is 4.74 Å². The van der Waals surface area contributed by atoms with Crippen LogP contribution in [0.15, 0.2) is 65.2 Å². The lowest BCUT2D eigenvalue weighted by Gasteiger charge is -2.37. The minimum absolute atomic E-state index is 0.0946. The third-order valence-electron chi connectivity index (χ3n) is 7.27. The third-order valence-corrected chi connectivity index (χ3v) is 7.80. The Balaban J connectivity index is 1.20. The number of anilines is 1. The van der Waals surface area contributed by atoms with Crippen LogP contribution in [0.5, 0.6) is 5.75 Å². The molecule has 0 unspecified atom stereocenters. The molecular formula is C25H20BrNO4. The molecule has 2 bridgehead atoms. The summed E-state index contributed by atoms with van der Waals surface area (Å²) in [5, 5.41) is 0. The lowest BCUT2D eigenvalue weighted by Crippen LogP contribution is -2.40. The van der Waals surface area contributed by atoms with E-state index in [0.717, 1.165) is 10.9 Å². The van der Waals surface area contributed by atoms with E-state index in [1.165, 1.54) is 4.90 Å². The molecule has 0 radical (unpaired) electrons. The van der Waals surface area contributed by atoms with Gasteiger partial charge in [0.2, 0.25) is 11.8 Å². The second-order valence-corrected chi connectivity index (χ2v) is 9.80. The van der Waals surface area contributed by atoms with E-state index >= 15 is 0 Å². The Morgan fingerprint density at radius 1 is 0.968 bits per heavy atom. The van der Waals surface area contributed by atoms with Gasteiger partial charge in [0, 0.05) is 16.1 Å². The smallest absolute Gasteiger partial charge is 0.238 e. The summed E-state index contributed by atoms with van der Waals surface area (Å²) < 4.78 is 6.60. The van der Waals surface area contributed by atoms with Crippen LogP contribution in [0.1, 0.15) is 16.8 Å². The predicted octanol–water partition coefficient (Wildman–Crippen LogP) is 4.27. The van der Waals surface area contributed by atoms with E-state index in [1.54, 1.807) is 36.4 Å². The quantitative estimate of drug-likeness (QED) is 0.366. The van der Waals surface area contributed by atoms with E-state index in [-0.39, 0.29) is 47.9 Å². The highest BCUT2D eigenvalue weighted by atomic mass is 79.9. The number of imide groups is 1. The van der Waals surface area contributed by atoms with Gasteiger partial charge in [0.05, 0.1) is 17.5 Å². The number of halogens is 1. The highest BCUT2D eigenvalue weighted by Gasteiger charge is 2.67. The van der Waals surface area contributed by atoms with Crippen molar-refractivity contribution < 1.29 is 19.1 Å². The zero-order valence-electron chi connectivity index (χ0n) is 16.6. The standard InChI is InChI=1S/C25H20BrNO4/c26-14-6-4-13(5-7-14)21(28)12-31-16-3-1-2-15(10-16)27-24(29)22-17-8-9-18(20-11-19(17)20)23(22)25(27)30/h1-10,17-20,22-23H,11-12H2/t17-,18-,19-,20+,22-,23-/m1/s1. The lowest BCUT2D eigenvalue weighted by molar-refractivity contribution is -0.124. The lowest BCUT2D eigenvalue weighted by atomic mass is 9.63. The van der Waals surface area contributed by atoms with E-state index in [4.69, 9.17) is 4.74 Å². The Morgan fingerprint density at radius 3 is 2.26 bits per heavy atom. The van der Waals surface area contributed by atoms with Crippen LogP contribution in [-0.2, 0) is 9.59 Å². The average molecular weight is 478 g/mol. The summed E-state index contributed by atoms with van der Waals surface area (Å²) in [6.45, 7) is -0.115. The molecule has 7 rings (SSSR count). The van der Waals surface area contributed by atoms with Gasteiger partial charge in [0.15, 0.2) is 12.4 Å². The molecule has 1 saturated heterocycles. The number of rotatable bonds is 5. The van der Waals surface area contributed by atoms with Gasteiger partial charge >= 0.3 is 0 Å². The molecule has 1 heterocycles. The summed E-state index contributed by atoms with van der Waals surface area (Å²) in [4.78, 5) is 40.3. The van der Waals surface area contributed by atoms with Gasteiger partial charge in [-0.3, -0.25) is 14.4 Å². The number of amides is 2. The van der Waals surface area contributed by atoms with E-state index in [1.807, 2.05) is 12.1 Å². The van der Waals surface area contributed by atoms with Crippen LogP contribution >= 0.6 is 15.9 Å². The van der Waals surface area contributed by atoms with Crippen molar-refractivity contribution in [2.24, 2.45) is 35.5 Å². The molecule has 5 nitrogen and oxygen atoms in total. The minimum atomic E-state index is -0.227. The maximum atomic E-state index is 13.3. The molecule has 31 heavy (non-hydrogen) atoms. The first kappa shape index (κ1) is 19.0. The van der Waals surface area contributed by atoms with E-state index in [0.29, 0.717) is 28.8 Å². The largest absolute Gasteiger partial charge is 0.485 e. The summed E-state index contributed by atoms with van der Waals surface area (Å²) in [7, 11) is 0. The number of carbonyl (C=O) groups excluding carboxylic acids is 3. The molecule has 4 aliphatic carbocycles. The van der Waals surface area contributed by atoms with Crippen LogP contribution in [-0.4, -0.2) is 24.2 Å². The van der Waals surface area contributed by atoms with Crippen LogP contribution < -0.4 is 9.64 Å². The van der Waals surface area contributed by atoms with Gasteiger partial charge in [0.1, 0.15) is 5.75 Å². The fraction of sp³-hybridized carbons (Fsp3) is 0.320. The molecule has 6 atom stereocenters. The fourth-order valence-corrected chi connectivity index (χ4v) is 6.06.